The van der Waals surface area contributed by atoms with E-state index >= 15 is 0 Å². The summed E-state index contributed by atoms with van der Waals surface area (Å²) in [6.07, 6.45) is 2.94. The summed E-state index contributed by atoms with van der Waals surface area (Å²) in [4.78, 5) is 0. The van der Waals surface area contributed by atoms with E-state index in [0.29, 0.717) is 6.10 Å². The quantitative estimate of drug-likeness (QED) is 0.552. The van der Waals surface area contributed by atoms with Gasteiger partial charge in [-0.25, -0.2) is 0 Å². The zero-order valence-corrected chi connectivity index (χ0v) is 7.48. The van der Waals surface area contributed by atoms with Gasteiger partial charge in [0.25, 0.3) is 0 Å². The van der Waals surface area contributed by atoms with Gasteiger partial charge in [0.15, 0.2) is 0 Å². The molecule has 1 fully saturated rings. The molecule has 0 aliphatic carbocycles. The van der Waals surface area contributed by atoms with Crippen molar-refractivity contribution in [3.63, 3.8) is 0 Å². The van der Waals surface area contributed by atoms with Gasteiger partial charge in [-0.3, -0.25) is 0 Å². The maximum absolute atomic E-state index is 5.61. The van der Waals surface area contributed by atoms with Gasteiger partial charge in [0, 0.05) is 0 Å². The summed E-state index contributed by atoms with van der Waals surface area (Å²) >= 11 is 0. The van der Waals surface area contributed by atoms with E-state index in [-0.39, 0.29) is 5.60 Å². The lowest BCUT2D eigenvalue weighted by Crippen LogP contribution is -2.13. The molecule has 10 heavy (non-hydrogen) atoms. The molecule has 1 heterocycles. The standard InChI is InChI=1S/C9H18O/c1-5-7(3)8-9(4,6-2)10-8/h7-8H,5-6H2,1-4H3. The SMILES string of the molecule is CCC(C)C1OC1(C)CC. The van der Waals surface area contributed by atoms with Crippen LogP contribution in [-0.2, 0) is 4.74 Å². The van der Waals surface area contributed by atoms with E-state index in [9.17, 15) is 0 Å². The largest absolute Gasteiger partial charge is 0.366 e. The van der Waals surface area contributed by atoms with E-state index in [0.717, 1.165) is 12.3 Å². The van der Waals surface area contributed by atoms with E-state index in [1.165, 1.54) is 6.42 Å². The minimum absolute atomic E-state index is 0.232. The van der Waals surface area contributed by atoms with Crippen molar-refractivity contribution in [3.8, 4) is 0 Å². The van der Waals surface area contributed by atoms with E-state index in [4.69, 9.17) is 4.74 Å². The normalized spacial score (nSPS) is 41.4. The predicted octanol–water partition coefficient (Wildman–Crippen LogP) is 2.60. The van der Waals surface area contributed by atoms with E-state index < -0.39 is 0 Å². The molecule has 1 aliphatic heterocycles. The van der Waals surface area contributed by atoms with Crippen molar-refractivity contribution in [1.29, 1.82) is 0 Å². The highest BCUT2D eigenvalue weighted by molar-refractivity contribution is 4.99. The van der Waals surface area contributed by atoms with Gasteiger partial charge in [-0.2, -0.15) is 0 Å². The monoisotopic (exact) mass is 142 g/mol. The molecular formula is C9H18O. The Hall–Kier alpha value is -0.0400. The number of hydrogen-bond acceptors (Lipinski definition) is 1. The van der Waals surface area contributed by atoms with Crippen molar-refractivity contribution in [2.24, 2.45) is 5.92 Å². The Morgan fingerprint density at radius 1 is 1.50 bits per heavy atom. The van der Waals surface area contributed by atoms with Crippen LogP contribution in [0.3, 0.4) is 0 Å². The van der Waals surface area contributed by atoms with Crippen LogP contribution in [0.15, 0.2) is 0 Å². The molecule has 0 saturated carbocycles. The third-order valence-electron chi connectivity index (χ3n) is 2.80. The zero-order valence-electron chi connectivity index (χ0n) is 7.48. The first-order valence-electron chi connectivity index (χ1n) is 4.32. The molecule has 1 heteroatoms. The van der Waals surface area contributed by atoms with Gasteiger partial charge >= 0.3 is 0 Å². The highest BCUT2D eigenvalue weighted by atomic mass is 16.6. The molecule has 0 aromatic heterocycles. The minimum atomic E-state index is 0.232. The van der Waals surface area contributed by atoms with E-state index in [1.54, 1.807) is 0 Å². The van der Waals surface area contributed by atoms with Crippen LogP contribution in [0.5, 0.6) is 0 Å². The van der Waals surface area contributed by atoms with Crippen molar-refractivity contribution in [3.05, 3.63) is 0 Å². The third-order valence-corrected chi connectivity index (χ3v) is 2.80. The fourth-order valence-corrected chi connectivity index (χ4v) is 1.47. The second-order valence-electron chi connectivity index (χ2n) is 3.59. The molecule has 1 rings (SSSR count). The second kappa shape index (κ2) is 2.54. The van der Waals surface area contributed by atoms with Gasteiger partial charge in [-0.1, -0.05) is 27.2 Å². The Morgan fingerprint density at radius 3 is 2.40 bits per heavy atom. The topological polar surface area (TPSA) is 12.5 Å². The van der Waals surface area contributed by atoms with Gasteiger partial charge in [-0.15, -0.1) is 0 Å². The fraction of sp³-hybridized carbons (Fsp3) is 1.00. The summed E-state index contributed by atoms with van der Waals surface area (Å²) in [6, 6.07) is 0. The average Bonchev–Trinajstić information content (AvgIpc) is 2.62. The number of rotatable bonds is 3. The Bertz CT molecular complexity index is 122. The summed E-state index contributed by atoms with van der Waals surface area (Å²) in [6.45, 7) is 8.90. The van der Waals surface area contributed by atoms with Crippen molar-refractivity contribution in [2.75, 3.05) is 0 Å². The molecule has 0 bridgehead atoms. The van der Waals surface area contributed by atoms with Crippen LogP contribution in [0.25, 0.3) is 0 Å². The second-order valence-corrected chi connectivity index (χ2v) is 3.59. The maximum Gasteiger partial charge on any atom is 0.0920 e. The first-order chi connectivity index (χ1) is 4.64. The first kappa shape index (κ1) is 8.06. The molecule has 1 nitrogen and oxygen atoms in total. The Labute approximate surface area is 63.8 Å². The van der Waals surface area contributed by atoms with Crippen LogP contribution < -0.4 is 0 Å². The minimum Gasteiger partial charge on any atom is -0.366 e. The Morgan fingerprint density at radius 2 is 2.10 bits per heavy atom. The van der Waals surface area contributed by atoms with Crippen LogP contribution in [0.1, 0.15) is 40.5 Å². The Balaban J connectivity index is 2.36. The van der Waals surface area contributed by atoms with Gasteiger partial charge < -0.3 is 4.74 Å². The molecule has 0 spiro atoms. The number of epoxide rings is 1. The fourth-order valence-electron chi connectivity index (χ4n) is 1.47. The molecule has 0 radical (unpaired) electrons. The lowest BCUT2D eigenvalue weighted by Gasteiger charge is -2.05. The van der Waals surface area contributed by atoms with Gasteiger partial charge in [0.05, 0.1) is 11.7 Å². The Kier molecular flexibility index (Phi) is 2.04. The molecule has 1 aliphatic rings. The highest BCUT2D eigenvalue weighted by Crippen LogP contribution is 2.44. The van der Waals surface area contributed by atoms with Crippen molar-refractivity contribution >= 4 is 0 Å². The number of hydrogen-bond donors (Lipinski definition) is 0. The smallest absolute Gasteiger partial charge is 0.0920 e. The highest BCUT2D eigenvalue weighted by Gasteiger charge is 2.52. The molecule has 1 saturated heterocycles. The van der Waals surface area contributed by atoms with Crippen LogP contribution >= 0.6 is 0 Å². The van der Waals surface area contributed by atoms with E-state index in [2.05, 4.69) is 27.7 Å². The predicted molar refractivity (Wildman–Crippen MR) is 43.0 cm³/mol. The summed E-state index contributed by atoms with van der Waals surface area (Å²) in [5, 5.41) is 0. The molecule has 0 aromatic carbocycles. The van der Waals surface area contributed by atoms with Crippen molar-refractivity contribution < 1.29 is 4.74 Å². The maximum atomic E-state index is 5.61. The zero-order chi connectivity index (χ0) is 7.78. The van der Waals surface area contributed by atoms with Crippen molar-refractivity contribution in [2.45, 2.75) is 52.2 Å². The third kappa shape index (κ3) is 1.20. The van der Waals surface area contributed by atoms with E-state index in [1.807, 2.05) is 0 Å². The molecule has 0 N–H and O–H groups in total. The molecule has 60 valence electrons. The van der Waals surface area contributed by atoms with Crippen LogP contribution in [0, 0.1) is 5.92 Å². The van der Waals surface area contributed by atoms with Crippen LogP contribution in [0.2, 0.25) is 0 Å². The first-order valence-corrected chi connectivity index (χ1v) is 4.32. The molecule has 0 amide bonds. The molecule has 3 unspecified atom stereocenters. The lowest BCUT2D eigenvalue weighted by molar-refractivity contribution is 0.283. The lowest BCUT2D eigenvalue weighted by atomic mass is 9.94. The average molecular weight is 142 g/mol. The summed E-state index contributed by atoms with van der Waals surface area (Å²) in [5.41, 5.74) is 0.232. The summed E-state index contributed by atoms with van der Waals surface area (Å²) in [5.74, 6) is 0.741. The van der Waals surface area contributed by atoms with Crippen molar-refractivity contribution in [1.82, 2.24) is 0 Å². The molecule has 0 aromatic rings. The van der Waals surface area contributed by atoms with Crippen LogP contribution in [-0.4, -0.2) is 11.7 Å². The summed E-state index contributed by atoms with van der Waals surface area (Å²) in [7, 11) is 0. The molecular weight excluding hydrogens is 124 g/mol. The summed E-state index contributed by atoms with van der Waals surface area (Å²) < 4.78 is 5.61. The van der Waals surface area contributed by atoms with Gasteiger partial charge in [-0.05, 0) is 19.3 Å². The van der Waals surface area contributed by atoms with Crippen LogP contribution in [0.4, 0.5) is 0 Å². The van der Waals surface area contributed by atoms with Gasteiger partial charge in [0.1, 0.15) is 0 Å². The van der Waals surface area contributed by atoms with Gasteiger partial charge in [0.2, 0.25) is 0 Å². The molecule has 3 atom stereocenters. The number of ether oxygens (including phenoxy) is 1.